The topological polar surface area (TPSA) is 77.5 Å². The zero-order valence-corrected chi connectivity index (χ0v) is 21.7. The Labute approximate surface area is 224 Å². The van der Waals surface area contributed by atoms with Crippen LogP contribution < -0.4 is 11.1 Å². The Morgan fingerprint density at radius 2 is 1.74 bits per heavy atom. The smallest absolute Gasteiger partial charge is 0.370 e. The molecule has 2 aliphatic heterocycles. The van der Waals surface area contributed by atoms with Gasteiger partial charge in [0, 0.05) is 18.7 Å². The lowest BCUT2D eigenvalue weighted by molar-refractivity contribution is -0.138. The molecular weight excluding hydrogens is 520 g/mol. The van der Waals surface area contributed by atoms with Crippen molar-refractivity contribution in [2.45, 2.75) is 75.8 Å². The Morgan fingerprint density at radius 3 is 2.38 bits per heavy atom. The number of aryl methyl sites for hydroxylation is 2. The van der Waals surface area contributed by atoms with Crippen LogP contribution in [0.2, 0.25) is 0 Å². The van der Waals surface area contributed by atoms with Gasteiger partial charge < -0.3 is 16.0 Å². The van der Waals surface area contributed by atoms with E-state index in [2.05, 4.69) is 10.3 Å². The maximum absolute atomic E-state index is 14.2. The lowest BCUT2D eigenvalue weighted by Gasteiger charge is -2.43. The average Bonchev–Trinajstić information content (AvgIpc) is 3.36. The van der Waals surface area contributed by atoms with Crippen LogP contribution in [0.4, 0.5) is 26.3 Å². The van der Waals surface area contributed by atoms with Crippen LogP contribution in [-0.4, -0.2) is 41.4 Å². The number of nitrogens with one attached hydrogen (secondary N) is 2. The van der Waals surface area contributed by atoms with Crippen LogP contribution in [0.15, 0.2) is 47.5 Å². The van der Waals surface area contributed by atoms with Gasteiger partial charge in [0.15, 0.2) is 5.96 Å². The number of aliphatic imine (C=N–C) groups is 1. The van der Waals surface area contributed by atoms with Crippen LogP contribution in [0.1, 0.15) is 66.8 Å². The van der Waals surface area contributed by atoms with Gasteiger partial charge in [0.05, 0.1) is 22.7 Å². The second-order valence-corrected chi connectivity index (χ2v) is 10.5. The Bertz CT molecular complexity index is 1200. The van der Waals surface area contributed by atoms with Crippen molar-refractivity contribution >= 4 is 11.8 Å². The van der Waals surface area contributed by atoms with Gasteiger partial charge in [0.1, 0.15) is 5.84 Å². The fourth-order valence-electron chi connectivity index (χ4n) is 5.64. The number of nitrogens with two attached hydrogens (primary N) is 1. The van der Waals surface area contributed by atoms with Gasteiger partial charge in [-0.2, -0.15) is 26.3 Å². The Kier molecular flexibility index (Phi) is 8.18. The summed E-state index contributed by atoms with van der Waals surface area (Å²) in [5.74, 6) is 0.366. The molecule has 212 valence electrons. The molecule has 0 bridgehead atoms. The summed E-state index contributed by atoms with van der Waals surface area (Å²) in [7, 11) is 0. The highest BCUT2D eigenvalue weighted by atomic mass is 19.4. The summed E-state index contributed by atoms with van der Waals surface area (Å²) in [6.45, 7) is 3.16. The molecule has 39 heavy (non-hydrogen) atoms. The quantitative estimate of drug-likeness (QED) is 0.236. The van der Waals surface area contributed by atoms with Crippen molar-refractivity contribution in [3.8, 4) is 0 Å². The van der Waals surface area contributed by atoms with Crippen LogP contribution in [0.3, 0.4) is 0 Å². The van der Waals surface area contributed by atoms with Crippen LogP contribution in [0.5, 0.6) is 0 Å². The molecule has 2 aliphatic rings. The number of amidine groups is 1. The van der Waals surface area contributed by atoms with Crippen molar-refractivity contribution in [2.24, 2.45) is 10.7 Å². The van der Waals surface area contributed by atoms with Crippen molar-refractivity contribution in [1.82, 2.24) is 10.2 Å². The summed E-state index contributed by atoms with van der Waals surface area (Å²) < 4.78 is 81.0. The predicted molar refractivity (Wildman–Crippen MR) is 139 cm³/mol. The first-order chi connectivity index (χ1) is 18.3. The zero-order valence-electron chi connectivity index (χ0n) is 21.7. The van der Waals surface area contributed by atoms with E-state index in [1.54, 1.807) is 6.07 Å². The third-order valence-electron chi connectivity index (χ3n) is 7.73. The van der Waals surface area contributed by atoms with Crippen LogP contribution >= 0.6 is 0 Å². The van der Waals surface area contributed by atoms with Crippen molar-refractivity contribution < 1.29 is 26.3 Å². The fraction of sp³-hybridized carbons (Fsp3) is 0.500. The first-order valence-electron chi connectivity index (χ1n) is 13.1. The van der Waals surface area contributed by atoms with Gasteiger partial charge in [-0.1, -0.05) is 24.3 Å². The zero-order chi connectivity index (χ0) is 28.4. The minimum atomic E-state index is -4.62. The lowest BCUT2D eigenvalue weighted by atomic mass is 9.84. The van der Waals surface area contributed by atoms with E-state index in [9.17, 15) is 26.3 Å². The molecule has 1 unspecified atom stereocenters. The molecule has 0 aliphatic carbocycles. The van der Waals surface area contributed by atoms with Gasteiger partial charge in [-0.25, -0.2) is 0 Å². The maximum atomic E-state index is 14.2. The van der Waals surface area contributed by atoms with Crippen molar-refractivity contribution in [2.75, 3.05) is 13.1 Å². The monoisotopic (exact) mass is 553 g/mol. The molecule has 1 saturated heterocycles. The summed E-state index contributed by atoms with van der Waals surface area (Å²) >= 11 is 0. The molecule has 4 N–H and O–H groups in total. The van der Waals surface area contributed by atoms with E-state index in [0.717, 1.165) is 50.3 Å². The standard InChI is InChI=1S/C28H33F6N5/c1-26(23-5-4-16-39(23)25(35)36)14-2-3-15-37-24(38-26)20-11-10-19(22(17-20)28(32,33)34)9-6-18-7-12-21(13-8-18)27(29,30)31/h7-8,10-13,17,23H,2-6,9,14-16H2,1H3,(H3,35,36)(H,37,38)/t23-,26?/m0/s1. The summed E-state index contributed by atoms with van der Waals surface area (Å²) in [6.07, 6.45) is -4.76. The second kappa shape index (κ2) is 11.1. The second-order valence-electron chi connectivity index (χ2n) is 10.5. The van der Waals surface area contributed by atoms with E-state index in [4.69, 9.17) is 11.1 Å². The number of hydrogen-bond donors (Lipinski definition) is 3. The van der Waals surface area contributed by atoms with Gasteiger partial charge >= 0.3 is 12.4 Å². The Hall–Kier alpha value is -3.24. The number of alkyl halides is 6. The number of benzene rings is 2. The van der Waals surface area contributed by atoms with Gasteiger partial charge in [0.25, 0.3) is 0 Å². The van der Waals surface area contributed by atoms with Crippen LogP contribution in [-0.2, 0) is 25.2 Å². The SMILES string of the molecule is CC1([C@@H]2CCCN2C(=N)N)CCCCN=C(c2ccc(CCc3ccc(C(F)(F)F)cc3)c(C(F)(F)F)c2)N1. The molecule has 5 nitrogen and oxygen atoms in total. The molecule has 11 heteroatoms. The predicted octanol–water partition coefficient (Wildman–Crippen LogP) is 6.15. The van der Waals surface area contributed by atoms with E-state index >= 15 is 0 Å². The van der Waals surface area contributed by atoms with E-state index in [1.165, 1.54) is 18.2 Å². The van der Waals surface area contributed by atoms with E-state index in [1.807, 2.05) is 11.8 Å². The largest absolute Gasteiger partial charge is 0.416 e. The van der Waals surface area contributed by atoms with Crippen molar-refractivity contribution in [1.29, 1.82) is 5.41 Å². The molecule has 0 spiro atoms. The first kappa shape index (κ1) is 28.8. The third kappa shape index (κ3) is 6.67. The van der Waals surface area contributed by atoms with Gasteiger partial charge in [-0.15, -0.1) is 0 Å². The highest BCUT2D eigenvalue weighted by Crippen LogP contribution is 2.35. The lowest BCUT2D eigenvalue weighted by Crippen LogP contribution is -2.61. The van der Waals surface area contributed by atoms with Crippen molar-refractivity contribution in [3.05, 3.63) is 70.3 Å². The van der Waals surface area contributed by atoms with Gasteiger partial charge in [-0.3, -0.25) is 10.4 Å². The molecule has 2 heterocycles. The fourth-order valence-corrected chi connectivity index (χ4v) is 5.64. The molecular formula is C28H33F6N5. The molecule has 2 aromatic carbocycles. The maximum Gasteiger partial charge on any atom is 0.416 e. The summed E-state index contributed by atoms with van der Waals surface area (Å²) in [6, 6.07) is 8.54. The number of likely N-dealkylation sites (tertiary alicyclic amines) is 1. The summed E-state index contributed by atoms with van der Waals surface area (Å²) in [5, 5.41) is 11.4. The Balaban J connectivity index is 1.59. The Morgan fingerprint density at radius 1 is 1.03 bits per heavy atom. The van der Waals surface area contributed by atoms with Crippen molar-refractivity contribution in [3.63, 3.8) is 0 Å². The summed E-state index contributed by atoms with van der Waals surface area (Å²) in [4.78, 5) is 6.45. The molecule has 1 fully saturated rings. The van der Waals surface area contributed by atoms with E-state index < -0.39 is 29.0 Å². The van der Waals surface area contributed by atoms with Crippen LogP contribution in [0, 0.1) is 5.41 Å². The highest BCUT2D eigenvalue weighted by molar-refractivity contribution is 5.99. The molecule has 0 amide bonds. The van der Waals surface area contributed by atoms with Gasteiger partial charge in [-0.05, 0) is 81.2 Å². The highest BCUT2D eigenvalue weighted by Gasteiger charge is 2.42. The summed E-state index contributed by atoms with van der Waals surface area (Å²) in [5.41, 5.74) is 4.62. The average molecular weight is 554 g/mol. The molecule has 0 radical (unpaired) electrons. The van der Waals surface area contributed by atoms with E-state index in [0.29, 0.717) is 30.1 Å². The molecule has 0 aromatic heterocycles. The molecule has 2 aromatic rings. The number of halogens is 6. The van der Waals surface area contributed by atoms with Gasteiger partial charge in [0.2, 0.25) is 0 Å². The molecule has 0 saturated carbocycles. The minimum absolute atomic E-state index is 0.0159. The number of nitrogens with zero attached hydrogens (tertiary/aromatic N) is 2. The number of rotatable bonds is 5. The normalized spacial score (nSPS) is 22.6. The molecule has 2 atom stereocenters. The first-order valence-corrected chi connectivity index (χ1v) is 13.1. The van der Waals surface area contributed by atoms with E-state index in [-0.39, 0.29) is 30.4 Å². The minimum Gasteiger partial charge on any atom is -0.370 e. The van der Waals surface area contributed by atoms with Crippen LogP contribution in [0.25, 0.3) is 0 Å². The molecule has 4 rings (SSSR count). The number of hydrogen-bond acceptors (Lipinski definition) is 3. The third-order valence-corrected chi connectivity index (χ3v) is 7.73. The number of guanidine groups is 1.